The van der Waals surface area contributed by atoms with Crippen LogP contribution in [-0.4, -0.2) is 108 Å². The zero-order valence-electron chi connectivity index (χ0n) is 23.2. The Hall–Kier alpha value is -5.22. The molecule has 2 aromatic carbocycles. The molecule has 1 atom stereocenters. The van der Waals surface area contributed by atoms with Crippen LogP contribution in [0.3, 0.4) is 0 Å². The highest BCUT2D eigenvalue weighted by Gasteiger charge is 2.28. The fourth-order valence-electron chi connectivity index (χ4n) is 4.55. The lowest BCUT2D eigenvalue weighted by Crippen LogP contribution is -2.51. The van der Waals surface area contributed by atoms with Crippen LogP contribution in [0.2, 0.25) is 5.02 Å². The maximum atomic E-state index is 14.9. The number of carboxylic acid groups (broad SMARTS) is 1. The topological polar surface area (TPSA) is 191 Å². The molecule has 0 saturated carbocycles. The number of hydrogen-bond donors (Lipinski definition) is 4. The van der Waals surface area contributed by atoms with E-state index in [4.69, 9.17) is 11.6 Å². The van der Waals surface area contributed by atoms with Crippen LogP contribution in [0.25, 0.3) is 22.8 Å². The minimum absolute atomic E-state index is 0.0805. The van der Waals surface area contributed by atoms with Crippen molar-refractivity contribution in [2.75, 3.05) is 38.5 Å². The first-order chi connectivity index (χ1) is 21.1. The van der Waals surface area contributed by atoms with Gasteiger partial charge < -0.3 is 30.5 Å². The number of fused-ring (bicyclic) bond motifs is 1. The van der Waals surface area contributed by atoms with Gasteiger partial charge in [-0.1, -0.05) is 11.6 Å². The number of piperazine rings is 1. The zero-order chi connectivity index (χ0) is 31.4. The number of carboxylic acids is 1. The number of aromatic nitrogens is 6. The van der Waals surface area contributed by atoms with E-state index in [1.165, 1.54) is 41.3 Å². The van der Waals surface area contributed by atoms with Crippen LogP contribution in [0.4, 0.5) is 10.1 Å². The molecule has 0 aliphatic carbocycles. The van der Waals surface area contributed by atoms with E-state index in [1.807, 2.05) is 7.05 Å². The summed E-state index contributed by atoms with van der Waals surface area (Å²) < 4.78 is 16.1. The summed E-state index contributed by atoms with van der Waals surface area (Å²) in [4.78, 5) is 61.1. The second-order valence-electron chi connectivity index (χ2n) is 9.94. The molecule has 3 heterocycles. The minimum Gasteiger partial charge on any atom is -0.475 e. The molecule has 2 aromatic heterocycles. The second-order valence-corrected chi connectivity index (χ2v) is 10.4. The van der Waals surface area contributed by atoms with Gasteiger partial charge in [0.2, 0.25) is 23.5 Å². The Labute approximate surface area is 253 Å². The number of rotatable bonds is 9. The van der Waals surface area contributed by atoms with E-state index in [2.05, 4.69) is 41.0 Å². The molecule has 228 valence electrons. The van der Waals surface area contributed by atoms with Crippen molar-refractivity contribution >= 4 is 58.1 Å². The van der Waals surface area contributed by atoms with Gasteiger partial charge in [-0.05, 0) is 53.9 Å². The van der Waals surface area contributed by atoms with Crippen molar-refractivity contribution in [1.29, 1.82) is 0 Å². The van der Waals surface area contributed by atoms with Crippen LogP contribution in [0, 0.1) is 5.82 Å². The molecule has 1 saturated heterocycles. The number of hydrogen-bond acceptors (Lipinski definition) is 9. The maximum absolute atomic E-state index is 14.9. The van der Waals surface area contributed by atoms with Gasteiger partial charge >= 0.3 is 5.97 Å². The van der Waals surface area contributed by atoms with Crippen molar-refractivity contribution in [2.45, 2.75) is 12.5 Å². The third-order valence-electron chi connectivity index (χ3n) is 6.93. The van der Waals surface area contributed by atoms with Gasteiger partial charge in [0, 0.05) is 43.5 Å². The molecule has 4 aromatic rings. The summed E-state index contributed by atoms with van der Waals surface area (Å²) in [5.41, 5.74) is 1.13. The number of anilines is 1. The normalized spacial score (nSPS) is 14.6. The second kappa shape index (κ2) is 13.0. The first-order valence-electron chi connectivity index (χ1n) is 13.3. The molecule has 0 unspecified atom stereocenters. The number of aromatic carboxylic acids is 1. The number of aromatic amines is 1. The van der Waals surface area contributed by atoms with Crippen LogP contribution in [0.5, 0.6) is 0 Å². The number of H-pyrrole nitrogens is 1. The van der Waals surface area contributed by atoms with E-state index in [0.29, 0.717) is 37.2 Å². The van der Waals surface area contributed by atoms with Crippen molar-refractivity contribution in [2.24, 2.45) is 0 Å². The number of tetrazole rings is 1. The molecule has 17 heteroatoms. The van der Waals surface area contributed by atoms with Gasteiger partial charge in [-0.2, -0.15) is 4.68 Å². The van der Waals surface area contributed by atoms with E-state index in [1.54, 1.807) is 4.90 Å². The van der Waals surface area contributed by atoms with Gasteiger partial charge in [-0.25, -0.2) is 14.2 Å². The number of nitrogens with zero attached hydrogens (tertiary/aromatic N) is 7. The Kier molecular flexibility index (Phi) is 8.91. The average Bonchev–Trinajstić information content (AvgIpc) is 3.68. The van der Waals surface area contributed by atoms with Gasteiger partial charge in [0.25, 0.3) is 0 Å². The van der Waals surface area contributed by atoms with E-state index in [9.17, 15) is 28.7 Å². The quantitative estimate of drug-likeness (QED) is 0.198. The summed E-state index contributed by atoms with van der Waals surface area (Å²) in [6.45, 7) is 2.26. The van der Waals surface area contributed by atoms with Crippen LogP contribution in [0.15, 0.2) is 42.7 Å². The van der Waals surface area contributed by atoms with Gasteiger partial charge in [0.05, 0.1) is 28.2 Å². The minimum atomic E-state index is -1.31. The van der Waals surface area contributed by atoms with Crippen molar-refractivity contribution in [1.82, 2.24) is 45.3 Å². The molecule has 0 radical (unpaired) electrons. The highest BCUT2D eigenvalue weighted by molar-refractivity contribution is 6.31. The van der Waals surface area contributed by atoms with E-state index in [0.717, 1.165) is 12.2 Å². The van der Waals surface area contributed by atoms with Gasteiger partial charge in [-0.15, -0.1) is 5.10 Å². The Balaban J connectivity index is 1.36. The van der Waals surface area contributed by atoms with Gasteiger partial charge in [0.1, 0.15) is 12.4 Å². The number of carbonyl (C=O) groups excluding carboxylic acids is 3. The number of amides is 3. The lowest BCUT2D eigenvalue weighted by molar-refractivity contribution is -0.135. The lowest BCUT2D eigenvalue weighted by Gasteiger charge is -2.33. The third-order valence-corrected chi connectivity index (χ3v) is 7.22. The molecular weight excluding hydrogens is 599 g/mol. The summed E-state index contributed by atoms with van der Waals surface area (Å²) in [5.74, 6) is -4.14. The number of halogens is 2. The van der Waals surface area contributed by atoms with Crippen molar-refractivity contribution in [3.8, 4) is 5.69 Å². The highest BCUT2D eigenvalue weighted by atomic mass is 35.5. The number of carbonyl (C=O) groups is 4. The van der Waals surface area contributed by atoms with Gasteiger partial charge in [-0.3, -0.25) is 14.4 Å². The molecule has 0 bridgehead atoms. The smallest absolute Gasteiger partial charge is 0.371 e. The van der Waals surface area contributed by atoms with Crippen LogP contribution in [-0.2, 0) is 14.4 Å². The zero-order valence-corrected chi connectivity index (χ0v) is 24.0. The SMILES string of the molecule is CN1CCN(C(=O)C[C@H](NC(=O)/C=C/c2c(-n3cnnn3)ccc(Cl)c2F)C(=O)Nc2ccc3nc(C(=O)O)[nH]c3c2)CC1. The Morgan fingerprint density at radius 2 is 1.93 bits per heavy atom. The number of likely N-dealkylation sites (N-methyl/N-ethyl adjacent to an activating group) is 1. The third kappa shape index (κ3) is 6.87. The molecule has 4 N–H and O–H groups in total. The first-order valence-corrected chi connectivity index (χ1v) is 13.7. The number of benzene rings is 2. The monoisotopic (exact) mass is 624 g/mol. The molecule has 15 nitrogen and oxygen atoms in total. The van der Waals surface area contributed by atoms with Crippen molar-refractivity contribution in [3.05, 3.63) is 65.0 Å². The van der Waals surface area contributed by atoms with Crippen LogP contribution >= 0.6 is 11.6 Å². The Bertz CT molecular complexity index is 1750. The first kappa shape index (κ1) is 30.2. The van der Waals surface area contributed by atoms with Gasteiger partial charge in [0.15, 0.2) is 5.82 Å². The maximum Gasteiger partial charge on any atom is 0.371 e. The highest BCUT2D eigenvalue weighted by Crippen LogP contribution is 2.25. The largest absolute Gasteiger partial charge is 0.475 e. The molecule has 44 heavy (non-hydrogen) atoms. The number of imidazole rings is 1. The predicted octanol–water partition coefficient (Wildman–Crippen LogP) is 1.33. The summed E-state index contributed by atoms with van der Waals surface area (Å²) in [7, 11) is 1.94. The van der Waals surface area contributed by atoms with E-state index < -0.39 is 29.6 Å². The fraction of sp³-hybridized carbons (Fsp3) is 0.259. The molecule has 0 spiro atoms. The summed E-state index contributed by atoms with van der Waals surface area (Å²) >= 11 is 5.96. The predicted molar refractivity (Wildman–Crippen MR) is 155 cm³/mol. The summed E-state index contributed by atoms with van der Waals surface area (Å²) in [6.07, 6.45) is 3.07. The molecule has 1 fully saturated rings. The summed E-state index contributed by atoms with van der Waals surface area (Å²) in [6, 6.07) is 5.99. The molecule has 5 rings (SSSR count). The Morgan fingerprint density at radius 1 is 1.16 bits per heavy atom. The van der Waals surface area contributed by atoms with Crippen LogP contribution < -0.4 is 10.6 Å². The molecule has 1 aliphatic heterocycles. The summed E-state index contributed by atoms with van der Waals surface area (Å²) in [5, 5.41) is 25.0. The van der Waals surface area contributed by atoms with E-state index in [-0.39, 0.29) is 40.1 Å². The molecular formula is C27H26ClFN10O5. The average molecular weight is 625 g/mol. The standard InChI is InChI=1S/C27H26ClFN10O5/c1-37-8-10-38(11-9-37)23(41)13-20(26(42)31-15-2-5-18-19(12-15)34-25(33-18)27(43)44)32-22(40)7-3-16-21(39-14-30-35-36-39)6-4-17(28)24(16)29/h2-7,12,14,20H,8-11,13H2,1H3,(H,31,42)(H,32,40)(H,33,34)(H,43,44)/b7-3+/t20-/m0/s1. The molecule has 3 amide bonds. The Morgan fingerprint density at radius 3 is 2.64 bits per heavy atom. The number of nitrogens with one attached hydrogen (secondary N) is 3. The van der Waals surface area contributed by atoms with Crippen molar-refractivity contribution in [3.63, 3.8) is 0 Å². The molecule has 1 aliphatic rings. The van der Waals surface area contributed by atoms with Crippen LogP contribution in [0.1, 0.15) is 22.6 Å². The fourth-order valence-corrected chi connectivity index (χ4v) is 4.72. The van der Waals surface area contributed by atoms with Crippen molar-refractivity contribution < 1.29 is 28.7 Å². The lowest BCUT2D eigenvalue weighted by atomic mass is 10.1. The van der Waals surface area contributed by atoms with E-state index >= 15 is 0 Å².